The van der Waals surface area contributed by atoms with Crippen molar-refractivity contribution in [2.75, 3.05) is 18.6 Å². The molecule has 0 amide bonds. The Morgan fingerprint density at radius 3 is 1.39 bits per heavy atom. The highest BCUT2D eigenvalue weighted by molar-refractivity contribution is 14.1. The molecule has 1 aliphatic heterocycles. The van der Waals surface area contributed by atoms with Gasteiger partial charge in [-0.1, -0.05) is 58.2 Å². The number of hydrogen-bond donors (Lipinski definition) is 1. The van der Waals surface area contributed by atoms with E-state index in [2.05, 4.69) is 43.7 Å². The van der Waals surface area contributed by atoms with Gasteiger partial charge in [-0.15, -0.1) is 24.0 Å². The number of ether oxygens (including phenoxy) is 3. The van der Waals surface area contributed by atoms with Crippen LogP contribution in [0.15, 0.2) is 36.5 Å². The molecule has 0 unspecified atom stereocenters. The second kappa shape index (κ2) is 37.2. The summed E-state index contributed by atoms with van der Waals surface area (Å²) >= 11 is 2.29. The molecule has 0 fully saturated rings. The molecule has 0 saturated heterocycles. The first-order valence-corrected chi connectivity index (χ1v) is 9.81. The zero-order chi connectivity index (χ0) is 24.5. The van der Waals surface area contributed by atoms with E-state index in [1.165, 1.54) is 25.6 Å². The summed E-state index contributed by atoms with van der Waals surface area (Å²) in [6, 6.07) is 0. The van der Waals surface area contributed by atoms with Crippen LogP contribution < -0.4 is 0 Å². The first-order chi connectivity index (χ1) is 14.0. The number of methoxy groups -OCH3 is 2. The predicted octanol–water partition coefficient (Wildman–Crippen LogP) is 4.09. The van der Waals surface area contributed by atoms with Crippen molar-refractivity contribution < 1.29 is 48.1 Å². The van der Waals surface area contributed by atoms with E-state index in [1.807, 2.05) is 13.8 Å². The molecular weight excluding hydrogens is 666 g/mol. The van der Waals surface area contributed by atoms with E-state index in [4.69, 9.17) is 5.11 Å². The Morgan fingerprint density at radius 2 is 1.21 bits per heavy atom. The molecule has 194 valence electrons. The molecular formula is C21H36I2O10. The monoisotopic (exact) mass is 702 g/mol. The van der Waals surface area contributed by atoms with Crippen molar-refractivity contribution in [3.63, 3.8) is 0 Å². The Labute approximate surface area is 227 Å². The number of ketones is 1. The molecule has 0 spiro atoms. The van der Waals surface area contributed by atoms with Crippen molar-refractivity contribution in [2.24, 2.45) is 0 Å². The summed E-state index contributed by atoms with van der Waals surface area (Å²) < 4.78 is 13.5. The van der Waals surface area contributed by atoms with Gasteiger partial charge in [0, 0.05) is 30.4 Å². The van der Waals surface area contributed by atoms with Crippen molar-refractivity contribution in [1.29, 1.82) is 0 Å². The molecule has 1 heterocycles. The summed E-state index contributed by atoms with van der Waals surface area (Å²) in [7, 11) is 2.43. The highest BCUT2D eigenvalue weighted by atomic mass is 127. The molecule has 0 aromatic carbocycles. The standard InChI is InChI=1S/C6H8O3.C5H6O4.C4H2O3.C2H5I.C2H6.2CH4.HI/c1-5(7)3-4-6(8)9-2;1-9-5(8)3-2-4(6)7;5-3-1-2-4(6)7-3;1-2-3;1-2;;;/h3-4H,1-2H3;2-3H,1H3,(H,6,7);1-2H;2H2,1H3;1-2H3;2*1H4;1H/b4-3+;3-2-;;;;;;. The van der Waals surface area contributed by atoms with Crippen LogP contribution in [0.2, 0.25) is 0 Å². The number of halogens is 2. The third kappa shape index (κ3) is 53.3. The van der Waals surface area contributed by atoms with E-state index >= 15 is 0 Å². The summed E-state index contributed by atoms with van der Waals surface area (Å²) in [6.45, 7) is 7.47. The van der Waals surface area contributed by atoms with Crippen molar-refractivity contribution in [2.45, 2.75) is 42.5 Å². The van der Waals surface area contributed by atoms with Crippen LogP contribution in [0.3, 0.4) is 0 Å². The fourth-order valence-corrected chi connectivity index (χ4v) is 0.764. The van der Waals surface area contributed by atoms with E-state index in [-0.39, 0.29) is 44.6 Å². The molecule has 0 aromatic rings. The molecule has 12 heteroatoms. The van der Waals surface area contributed by atoms with E-state index in [9.17, 15) is 28.8 Å². The number of allylic oxidation sites excluding steroid dienone is 1. The second-order valence-corrected chi connectivity index (χ2v) is 5.53. The number of esters is 4. The molecule has 0 aromatic heterocycles. The lowest BCUT2D eigenvalue weighted by atomic mass is 10.4. The Kier molecular flexibility index (Phi) is 54.6. The topological polar surface area (TPSA) is 150 Å². The van der Waals surface area contributed by atoms with Crippen LogP contribution in [0.5, 0.6) is 0 Å². The van der Waals surface area contributed by atoms with Gasteiger partial charge in [0.25, 0.3) is 0 Å². The van der Waals surface area contributed by atoms with Crippen molar-refractivity contribution in [3.8, 4) is 0 Å². The lowest BCUT2D eigenvalue weighted by Crippen LogP contribution is -1.96. The summed E-state index contributed by atoms with van der Waals surface area (Å²) in [5, 5.41) is 7.96. The van der Waals surface area contributed by atoms with E-state index < -0.39 is 29.8 Å². The summed E-state index contributed by atoms with van der Waals surface area (Å²) in [6.07, 6.45) is 5.97. The first kappa shape index (κ1) is 48.4. The van der Waals surface area contributed by atoms with Crippen LogP contribution in [-0.4, -0.2) is 59.4 Å². The lowest BCUT2D eigenvalue weighted by Gasteiger charge is -1.85. The third-order valence-electron chi connectivity index (χ3n) is 1.78. The molecule has 0 aliphatic carbocycles. The second-order valence-electron chi connectivity index (χ2n) is 4.00. The lowest BCUT2D eigenvalue weighted by molar-refractivity contribution is -0.150. The molecule has 0 bridgehead atoms. The fraction of sp³-hybridized carbons (Fsp3) is 0.429. The Morgan fingerprint density at radius 1 is 0.909 bits per heavy atom. The molecule has 0 saturated carbocycles. The fourth-order valence-electron chi connectivity index (χ4n) is 0.764. The number of carbonyl (C=O) groups excluding carboxylic acids is 5. The van der Waals surface area contributed by atoms with Gasteiger partial charge in [0.2, 0.25) is 0 Å². The summed E-state index contributed by atoms with van der Waals surface area (Å²) in [5.41, 5.74) is 0. The highest BCUT2D eigenvalue weighted by Gasteiger charge is 2.10. The molecule has 1 rings (SSSR count). The van der Waals surface area contributed by atoms with Crippen LogP contribution in [0.1, 0.15) is 42.5 Å². The van der Waals surface area contributed by atoms with Crippen LogP contribution in [0.4, 0.5) is 0 Å². The van der Waals surface area contributed by atoms with Crippen molar-refractivity contribution in [1.82, 2.24) is 0 Å². The predicted molar refractivity (Wildman–Crippen MR) is 146 cm³/mol. The molecule has 33 heavy (non-hydrogen) atoms. The van der Waals surface area contributed by atoms with Crippen LogP contribution in [0, 0.1) is 0 Å². The van der Waals surface area contributed by atoms with Crippen LogP contribution in [-0.2, 0) is 43.0 Å². The summed E-state index contributed by atoms with van der Waals surface area (Å²) in [4.78, 5) is 60.1. The minimum atomic E-state index is -1.17. The highest BCUT2D eigenvalue weighted by Crippen LogP contribution is 1.92. The number of rotatable bonds is 4. The number of carboxylic acids is 1. The van der Waals surface area contributed by atoms with E-state index in [1.54, 1.807) is 0 Å². The third-order valence-corrected chi connectivity index (χ3v) is 1.78. The number of cyclic esters (lactones) is 2. The van der Waals surface area contributed by atoms with Crippen LogP contribution >= 0.6 is 46.6 Å². The van der Waals surface area contributed by atoms with Crippen LogP contribution in [0.25, 0.3) is 0 Å². The Bertz CT molecular complexity index is 587. The molecule has 1 aliphatic rings. The number of carboxylic acid groups (broad SMARTS) is 1. The molecule has 0 atom stereocenters. The minimum Gasteiger partial charge on any atom is -0.478 e. The van der Waals surface area contributed by atoms with Gasteiger partial charge in [0.1, 0.15) is 0 Å². The summed E-state index contributed by atoms with van der Waals surface area (Å²) in [5.74, 6) is -3.67. The average molecular weight is 702 g/mol. The zero-order valence-electron chi connectivity index (χ0n) is 18.1. The van der Waals surface area contributed by atoms with Gasteiger partial charge in [-0.25, -0.2) is 24.0 Å². The Hall–Kier alpha value is -2.10. The number of hydrogen-bond acceptors (Lipinski definition) is 9. The largest absolute Gasteiger partial charge is 0.478 e. The zero-order valence-corrected chi connectivity index (χ0v) is 22.6. The molecule has 0 radical (unpaired) electrons. The average Bonchev–Trinajstić information content (AvgIpc) is 3.09. The van der Waals surface area contributed by atoms with E-state index in [0.717, 1.165) is 30.4 Å². The normalized spacial score (nSPS) is 9.67. The maximum atomic E-state index is 10.3. The van der Waals surface area contributed by atoms with Crippen molar-refractivity contribution in [3.05, 3.63) is 36.5 Å². The minimum absolute atomic E-state index is 0. The van der Waals surface area contributed by atoms with Gasteiger partial charge >= 0.3 is 29.8 Å². The number of aliphatic carboxylic acids is 1. The molecule has 1 N–H and O–H groups in total. The first-order valence-electron chi connectivity index (χ1n) is 8.29. The SMILES string of the molecule is C.C.CC.CCI.COC(=O)/C=C/C(C)=O.COC(=O)/C=C\C(=O)O.I.O=C1C=CC(=O)O1. The van der Waals surface area contributed by atoms with Gasteiger partial charge in [-0.05, 0) is 17.4 Å². The number of alkyl halides is 1. The van der Waals surface area contributed by atoms with E-state index in [0.29, 0.717) is 6.08 Å². The molecule has 10 nitrogen and oxygen atoms in total. The van der Waals surface area contributed by atoms with Gasteiger partial charge < -0.3 is 19.3 Å². The maximum absolute atomic E-state index is 10.3. The smallest absolute Gasteiger partial charge is 0.338 e. The van der Waals surface area contributed by atoms with Crippen molar-refractivity contribution >= 4 is 82.2 Å². The van der Waals surface area contributed by atoms with Gasteiger partial charge in [-0.3, -0.25) is 4.79 Å². The van der Waals surface area contributed by atoms with Gasteiger partial charge in [0.05, 0.1) is 14.2 Å². The Balaban J connectivity index is -0.0000000538. The number of carbonyl (C=O) groups is 6. The quantitative estimate of drug-likeness (QED) is 0.113. The maximum Gasteiger partial charge on any atom is 0.338 e. The van der Waals surface area contributed by atoms with Gasteiger partial charge in [-0.2, -0.15) is 0 Å². The van der Waals surface area contributed by atoms with Gasteiger partial charge in [0.15, 0.2) is 5.78 Å².